The number of likely N-dealkylation sites (tertiary alicyclic amines) is 1. The Kier molecular flexibility index (Phi) is 6.27. The van der Waals surface area contributed by atoms with Crippen molar-refractivity contribution in [3.63, 3.8) is 0 Å². The number of carbonyl (C=O) groups is 2. The SMILES string of the molecule is Cc1ccc(/C([O-])=C2\C(=O)C(=O)N(Cc3ccc[nH+]c3)C2c2ccc(OC(C)C)cc2)cc1. The number of ether oxygens (including phenoxy) is 1. The molecule has 1 unspecified atom stereocenters. The van der Waals surface area contributed by atoms with Crippen LogP contribution in [0.5, 0.6) is 5.75 Å². The summed E-state index contributed by atoms with van der Waals surface area (Å²) >= 11 is 0. The van der Waals surface area contributed by atoms with E-state index in [4.69, 9.17) is 4.74 Å². The smallest absolute Gasteiger partial charge is 0.295 e. The van der Waals surface area contributed by atoms with Gasteiger partial charge in [-0.25, -0.2) is 4.98 Å². The molecule has 33 heavy (non-hydrogen) atoms. The molecule has 1 saturated heterocycles. The van der Waals surface area contributed by atoms with E-state index in [1.165, 1.54) is 4.90 Å². The molecule has 1 aliphatic heterocycles. The van der Waals surface area contributed by atoms with Gasteiger partial charge in [-0.15, -0.1) is 0 Å². The standard InChI is InChI=1S/C27H26N2O4/c1-17(2)33-22-12-10-20(11-13-22)24-23(25(30)21-8-6-18(3)7-9-21)26(31)27(32)29(24)16-19-5-4-14-28-15-19/h4-15,17,24,30H,16H2,1-3H3/b25-23+. The Bertz CT molecular complexity index is 1180. The molecule has 1 aromatic heterocycles. The van der Waals surface area contributed by atoms with Crippen molar-refractivity contribution in [2.24, 2.45) is 0 Å². The summed E-state index contributed by atoms with van der Waals surface area (Å²) in [5, 5.41) is 13.4. The third-order valence-corrected chi connectivity index (χ3v) is 5.54. The molecule has 1 N–H and O–H groups in total. The number of benzene rings is 2. The number of aromatic nitrogens is 1. The Morgan fingerprint density at radius 2 is 1.76 bits per heavy atom. The summed E-state index contributed by atoms with van der Waals surface area (Å²) < 4.78 is 5.73. The maximum atomic E-state index is 13.4. The van der Waals surface area contributed by atoms with Crippen molar-refractivity contribution in [2.75, 3.05) is 0 Å². The summed E-state index contributed by atoms with van der Waals surface area (Å²) in [7, 11) is 0. The Labute approximate surface area is 193 Å². The monoisotopic (exact) mass is 442 g/mol. The number of H-pyrrole nitrogens is 1. The highest BCUT2D eigenvalue weighted by Crippen LogP contribution is 2.40. The number of aryl methyl sites for hydroxylation is 1. The highest BCUT2D eigenvalue weighted by atomic mass is 16.5. The molecule has 0 spiro atoms. The average molecular weight is 443 g/mol. The fourth-order valence-corrected chi connectivity index (χ4v) is 3.97. The normalized spacial score (nSPS) is 17.6. The summed E-state index contributed by atoms with van der Waals surface area (Å²) in [6.45, 7) is 6.00. The van der Waals surface area contributed by atoms with E-state index < -0.39 is 23.5 Å². The predicted molar refractivity (Wildman–Crippen MR) is 122 cm³/mol. The number of carbonyl (C=O) groups excluding carboxylic acids is 2. The number of rotatable bonds is 6. The first-order valence-corrected chi connectivity index (χ1v) is 10.9. The molecule has 1 aliphatic rings. The summed E-state index contributed by atoms with van der Waals surface area (Å²) in [6, 6.07) is 17.1. The zero-order valence-corrected chi connectivity index (χ0v) is 18.9. The molecule has 0 saturated carbocycles. The van der Waals surface area contributed by atoms with Crippen LogP contribution in [-0.2, 0) is 16.1 Å². The molecule has 6 heteroatoms. The van der Waals surface area contributed by atoms with Crippen LogP contribution < -0.4 is 14.8 Å². The van der Waals surface area contributed by atoms with Crippen LogP contribution in [0.15, 0.2) is 78.6 Å². The van der Waals surface area contributed by atoms with E-state index in [2.05, 4.69) is 4.98 Å². The van der Waals surface area contributed by atoms with Crippen molar-refractivity contribution >= 4 is 17.4 Å². The number of aromatic amines is 1. The molecule has 1 fully saturated rings. The largest absolute Gasteiger partial charge is 0.872 e. The third kappa shape index (κ3) is 4.65. The predicted octanol–water partition coefficient (Wildman–Crippen LogP) is 3.02. The van der Waals surface area contributed by atoms with Crippen LogP contribution in [0.4, 0.5) is 0 Å². The van der Waals surface area contributed by atoms with Crippen molar-refractivity contribution in [3.8, 4) is 5.75 Å². The number of amides is 1. The number of pyridine rings is 1. The van der Waals surface area contributed by atoms with Gasteiger partial charge in [0.1, 0.15) is 5.75 Å². The number of hydrogen-bond acceptors (Lipinski definition) is 4. The Hall–Kier alpha value is -3.93. The van der Waals surface area contributed by atoms with Crippen LogP contribution in [0.3, 0.4) is 0 Å². The van der Waals surface area contributed by atoms with Gasteiger partial charge in [0, 0.05) is 17.2 Å². The molecule has 1 amide bonds. The molecule has 3 aromatic rings. The molecule has 2 aromatic carbocycles. The second-order valence-corrected chi connectivity index (χ2v) is 8.42. The topological polar surface area (TPSA) is 83.8 Å². The van der Waals surface area contributed by atoms with Gasteiger partial charge < -0.3 is 14.7 Å². The first-order valence-electron chi connectivity index (χ1n) is 10.9. The quantitative estimate of drug-likeness (QED) is 0.334. The summed E-state index contributed by atoms with van der Waals surface area (Å²) in [5.74, 6) is -1.18. The van der Waals surface area contributed by atoms with Crippen LogP contribution in [0.1, 0.15) is 42.1 Å². The van der Waals surface area contributed by atoms with Crippen LogP contribution in [0.25, 0.3) is 5.76 Å². The van der Waals surface area contributed by atoms with E-state index in [0.29, 0.717) is 16.9 Å². The van der Waals surface area contributed by atoms with Crippen molar-refractivity contribution < 1.29 is 24.4 Å². The van der Waals surface area contributed by atoms with Gasteiger partial charge in [0.15, 0.2) is 12.4 Å². The van der Waals surface area contributed by atoms with Crippen molar-refractivity contribution in [3.05, 3.63) is 101 Å². The lowest BCUT2D eigenvalue weighted by atomic mass is 9.95. The number of ketones is 1. The van der Waals surface area contributed by atoms with Crippen molar-refractivity contribution in [2.45, 2.75) is 39.5 Å². The summed E-state index contributed by atoms with van der Waals surface area (Å²) in [5.41, 5.74) is 2.87. The van der Waals surface area contributed by atoms with Crippen LogP contribution in [-0.4, -0.2) is 22.7 Å². The average Bonchev–Trinajstić information content (AvgIpc) is 3.05. The van der Waals surface area contributed by atoms with Gasteiger partial charge in [-0.1, -0.05) is 47.7 Å². The lowest BCUT2D eigenvalue weighted by molar-refractivity contribution is -0.378. The molecule has 0 bridgehead atoms. The van der Waals surface area contributed by atoms with E-state index in [-0.39, 0.29) is 18.2 Å². The Balaban J connectivity index is 1.81. The third-order valence-electron chi connectivity index (χ3n) is 5.54. The van der Waals surface area contributed by atoms with Gasteiger partial charge in [-0.3, -0.25) is 9.59 Å². The van der Waals surface area contributed by atoms with Crippen LogP contribution in [0.2, 0.25) is 0 Å². The van der Waals surface area contributed by atoms with Gasteiger partial charge in [-0.05, 0) is 50.1 Å². The molecule has 2 heterocycles. The minimum atomic E-state index is -0.785. The van der Waals surface area contributed by atoms with Gasteiger partial charge in [0.05, 0.1) is 18.7 Å². The number of hydrogen-bond donors (Lipinski definition) is 0. The summed E-state index contributed by atoms with van der Waals surface area (Å²) in [4.78, 5) is 30.6. The minimum absolute atomic E-state index is 0.0153. The van der Waals surface area contributed by atoms with E-state index in [1.54, 1.807) is 48.8 Å². The lowest BCUT2D eigenvalue weighted by Gasteiger charge is -2.27. The van der Waals surface area contributed by atoms with Gasteiger partial charge >= 0.3 is 0 Å². The van der Waals surface area contributed by atoms with Crippen LogP contribution >= 0.6 is 0 Å². The zero-order chi connectivity index (χ0) is 23.5. The Morgan fingerprint density at radius 3 is 2.36 bits per heavy atom. The van der Waals surface area contributed by atoms with Gasteiger partial charge in [0.2, 0.25) is 5.78 Å². The second kappa shape index (κ2) is 9.28. The highest BCUT2D eigenvalue weighted by Gasteiger charge is 2.44. The van der Waals surface area contributed by atoms with Gasteiger partial charge in [-0.2, -0.15) is 0 Å². The molecule has 168 valence electrons. The fraction of sp³-hybridized carbons (Fsp3) is 0.222. The van der Waals surface area contributed by atoms with E-state index in [1.807, 2.05) is 45.0 Å². The first-order chi connectivity index (χ1) is 15.8. The summed E-state index contributed by atoms with van der Waals surface area (Å²) in [6.07, 6.45) is 3.56. The molecule has 0 radical (unpaired) electrons. The second-order valence-electron chi connectivity index (χ2n) is 8.42. The molecule has 4 rings (SSSR count). The van der Waals surface area contributed by atoms with E-state index in [0.717, 1.165) is 11.1 Å². The lowest BCUT2D eigenvalue weighted by Crippen LogP contribution is -2.29. The zero-order valence-electron chi connectivity index (χ0n) is 18.9. The van der Waals surface area contributed by atoms with Crippen molar-refractivity contribution in [1.82, 2.24) is 4.90 Å². The van der Waals surface area contributed by atoms with Crippen LogP contribution in [0, 0.1) is 6.92 Å². The molecule has 1 atom stereocenters. The molecule has 6 nitrogen and oxygen atoms in total. The number of Topliss-reactive ketones (excluding diaryl/α,β-unsaturated/α-hetero) is 1. The number of nitrogens with one attached hydrogen (secondary N) is 1. The van der Waals surface area contributed by atoms with Gasteiger partial charge in [0.25, 0.3) is 5.91 Å². The first kappa shape index (κ1) is 22.3. The number of nitrogens with zero attached hydrogens (tertiary/aromatic N) is 1. The minimum Gasteiger partial charge on any atom is -0.872 e. The maximum Gasteiger partial charge on any atom is 0.295 e. The van der Waals surface area contributed by atoms with Crippen molar-refractivity contribution in [1.29, 1.82) is 0 Å². The highest BCUT2D eigenvalue weighted by molar-refractivity contribution is 6.46. The fourth-order valence-electron chi connectivity index (χ4n) is 3.97. The maximum absolute atomic E-state index is 13.4. The molecular weight excluding hydrogens is 416 g/mol. The van der Waals surface area contributed by atoms with E-state index >= 15 is 0 Å². The van der Waals surface area contributed by atoms with E-state index in [9.17, 15) is 14.7 Å². The Morgan fingerprint density at radius 1 is 1.06 bits per heavy atom. The molecular formula is C27H26N2O4. The molecule has 0 aliphatic carbocycles.